The molecule has 2 aromatic rings. The van der Waals surface area contributed by atoms with E-state index >= 15 is 0 Å². The largest absolute Gasteiger partial charge is 0.356 e. The zero-order valence-corrected chi connectivity index (χ0v) is 16.3. The molecular formula is C16H20IN5S. The van der Waals surface area contributed by atoms with Gasteiger partial charge < -0.3 is 10.6 Å². The Hall–Kier alpha value is -1.66. The van der Waals surface area contributed by atoms with Crippen molar-refractivity contribution in [1.82, 2.24) is 15.6 Å². The minimum Gasteiger partial charge on any atom is -0.356 e. The Kier molecular flexibility index (Phi) is 8.58. The quantitative estimate of drug-likeness (QED) is 0.425. The molecule has 0 radical (unpaired) electrons. The number of nitriles is 1. The number of halogens is 1. The number of hydrogen-bond acceptors (Lipinski definition) is 4. The van der Waals surface area contributed by atoms with Gasteiger partial charge in [-0.2, -0.15) is 5.26 Å². The summed E-state index contributed by atoms with van der Waals surface area (Å²) in [7, 11) is 1.75. The molecule has 23 heavy (non-hydrogen) atoms. The van der Waals surface area contributed by atoms with Crippen LogP contribution in [0.25, 0.3) is 0 Å². The molecule has 7 heteroatoms. The molecule has 0 amide bonds. The molecule has 0 saturated carbocycles. The highest BCUT2D eigenvalue weighted by Gasteiger charge is 2.01. The Morgan fingerprint density at radius 1 is 1.30 bits per heavy atom. The van der Waals surface area contributed by atoms with Gasteiger partial charge in [-0.15, -0.1) is 35.3 Å². The lowest BCUT2D eigenvalue weighted by Gasteiger charge is -2.11. The molecule has 0 atom stereocenters. The van der Waals surface area contributed by atoms with Crippen molar-refractivity contribution in [2.24, 2.45) is 4.99 Å². The van der Waals surface area contributed by atoms with Crippen molar-refractivity contribution in [2.45, 2.75) is 19.9 Å². The zero-order valence-electron chi connectivity index (χ0n) is 13.2. The van der Waals surface area contributed by atoms with Crippen LogP contribution in [0.5, 0.6) is 0 Å². The summed E-state index contributed by atoms with van der Waals surface area (Å²) in [4.78, 5) is 9.77. The second kappa shape index (κ2) is 10.2. The van der Waals surface area contributed by atoms with Crippen molar-refractivity contribution in [3.8, 4) is 6.07 Å². The second-order valence-electron chi connectivity index (χ2n) is 4.78. The summed E-state index contributed by atoms with van der Waals surface area (Å²) < 4.78 is 0. The maximum absolute atomic E-state index is 8.78. The molecule has 2 N–H and O–H groups in total. The fourth-order valence-corrected chi connectivity index (χ4v) is 2.69. The van der Waals surface area contributed by atoms with E-state index in [2.05, 4.69) is 33.6 Å². The average Bonchev–Trinajstić information content (AvgIpc) is 2.96. The van der Waals surface area contributed by atoms with Crippen LogP contribution in [-0.2, 0) is 13.0 Å². The molecule has 1 aromatic heterocycles. The fraction of sp³-hybridized carbons (Fsp3) is 0.312. The summed E-state index contributed by atoms with van der Waals surface area (Å²) in [6.45, 7) is 3.52. The van der Waals surface area contributed by atoms with Gasteiger partial charge in [0.25, 0.3) is 0 Å². The highest BCUT2D eigenvalue weighted by molar-refractivity contribution is 14.0. The molecule has 0 aliphatic rings. The summed E-state index contributed by atoms with van der Waals surface area (Å²) >= 11 is 1.72. The van der Waals surface area contributed by atoms with Gasteiger partial charge in [0, 0.05) is 37.6 Å². The standard InChI is InChI=1S/C16H19N5S.HI/c1-12-10-20-15(22-12)7-8-19-16(18-2)21-11-14-5-3-13(9-17)4-6-14;/h3-6,10H,7-8,11H2,1-2H3,(H2,18,19,21);1H. The van der Waals surface area contributed by atoms with Gasteiger partial charge in [-0.3, -0.25) is 4.99 Å². The van der Waals surface area contributed by atoms with E-state index in [0.29, 0.717) is 12.1 Å². The molecule has 5 nitrogen and oxygen atoms in total. The van der Waals surface area contributed by atoms with Crippen molar-refractivity contribution in [1.29, 1.82) is 5.26 Å². The molecular weight excluding hydrogens is 421 g/mol. The van der Waals surface area contributed by atoms with E-state index in [0.717, 1.165) is 29.5 Å². The minimum absolute atomic E-state index is 0. The number of nitrogens with one attached hydrogen (secondary N) is 2. The maximum atomic E-state index is 8.78. The number of aliphatic imine (C=N–C) groups is 1. The van der Waals surface area contributed by atoms with Crippen LogP contribution >= 0.6 is 35.3 Å². The first kappa shape index (κ1) is 19.4. The first-order chi connectivity index (χ1) is 10.7. The molecule has 0 fully saturated rings. The monoisotopic (exact) mass is 441 g/mol. The molecule has 0 unspecified atom stereocenters. The van der Waals surface area contributed by atoms with Crippen LogP contribution in [0.15, 0.2) is 35.5 Å². The van der Waals surface area contributed by atoms with E-state index in [1.807, 2.05) is 30.5 Å². The lowest BCUT2D eigenvalue weighted by Crippen LogP contribution is -2.37. The van der Waals surface area contributed by atoms with Gasteiger partial charge in [-0.25, -0.2) is 4.98 Å². The summed E-state index contributed by atoms with van der Waals surface area (Å²) in [6, 6.07) is 9.63. The molecule has 0 aliphatic heterocycles. The first-order valence-electron chi connectivity index (χ1n) is 7.06. The Bertz CT molecular complexity index is 673. The summed E-state index contributed by atoms with van der Waals surface area (Å²) in [5.74, 6) is 0.762. The van der Waals surface area contributed by atoms with Crippen LogP contribution in [-0.4, -0.2) is 24.5 Å². The van der Waals surface area contributed by atoms with E-state index in [9.17, 15) is 0 Å². The van der Waals surface area contributed by atoms with Crippen LogP contribution in [0.1, 0.15) is 21.0 Å². The average molecular weight is 441 g/mol. The van der Waals surface area contributed by atoms with E-state index in [4.69, 9.17) is 5.26 Å². The number of thiazole rings is 1. The Labute approximate surface area is 157 Å². The third-order valence-corrected chi connectivity index (χ3v) is 4.04. The number of rotatable bonds is 5. The Balaban J connectivity index is 0.00000264. The molecule has 122 valence electrons. The van der Waals surface area contributed by atoms with Gasteiger partial charge in [-0.1, -0.05) is 12.1 Å². The Morgan fingerprint density at radius 3 is 2.61 bits per heavy atom. The number of benzene rings is 1. The van der Waals surface area contributed by atoms with E-state index in [-0.39, 0.29) is 24.0 Å². The summed E-state index contributed by atoms with van der Waals surface area (Å²) in [6.07, 6.45) is 2.79. The number of guanidine groups is 1. The normalized spacial score (nSPS) is 10.6. The molecule has 1 aromatic carbocycles. The molecule has 0 bridgehead atoms. The molecule has 0 spiro atoms. The van der Waals surface area contributed by atoms with Gasteiger partial charge in [0.15, 0.2) is 5.96 Å². The third-order valence-electron chi connectivity index (χ3n) is 3.07. The SMILES string of the molecule is CN=C(NCCc1ncc(C)s1)NCc1ccc(C#N)cc1.I. The van der Waals surface area contributed by atoms with Crippen molar-refractivity contribution < 1.29 is 0 Å². The predicted octanol–water partition coefficient (Wildman–Crippen LogP) is 2.85. The predicted molar refractivity (Wildman–Crippen MR) is 105 cm³/mol. The van der Waals surface area contributed by atoms with E-state index in [1.54, 1.807) is 18.4 Å². The number of hydrogen-bond donors (Lipinski definition) is 2. The lowest BCUT2D eigenvalue weighted by molar-refractivity contribution is 0.792. The highest BCUT2D eigenvalue weighted by Crippen LogP contribution is 2.10. The number of aromatic nitrogens is 1. The maximum Gasteiger partial charge on any atom is 0.191 e. The van der Waals surface area contributed by atoms with Crippen LogP contribution in [0.4, 0.5) is 0 Å². The molecule has 1 heterocycles. The van der Waals surface area contributed by atoms with Crippen molar-refractivity contribution in [3.63, 3.8) is 0 Å². The number of nitrogens with zero attached hydrogens (tertiary/aromatic N) is 3. The molecule has 0 saturated heterocycles. The van der Waals surface area contributed by atoms with Gasteiger partial charge in [-0.05, 0) is 24.6 Å². The molecule has 2 rings (SSSR count). The van der Waals surface area contributed by atoms with Crippen molar-refractivity contribution in [3.05, 3.63) is 51.5 Å². The van der Waals surface area contributed by atoms with E-state index < -0.39 is 0 Å². The smallest absolute Gasteiger partial charge is 0.191 e. The van der Waals surface area contributed by atoms with Gasteiger partial charge in [0.1, 0.15) is 0 Å². The Morgan fingerprint density at radius 2 is 2.04 bits per heavy atom. The van der Waals surface area contributed by atoms with Gasteiger partial charge >= 0.3 is 0 Å². The second-order valence-corrected chi connectivity index (χ2v) is 6.10. The van der Waals surface area contributed by atoms with Crippen LogP contribution in [0, 0.1) is 18.3 Å². The van der Waals surface area contributed by atoms with E-state index in [1.165, 1.54) is 4.88 Å². The van der Waals surface area contributed by atoms with Crippen molar-refractivity contribution >= 4 is 41.3 Å². The first-order valence-corrected chi connectivity index (χ1v) is 7.88. The summed E-state index contributed by atoms with van der Waals surface area (Å²) in [5.41, 5.74) is 1.78. The van der Waals surface area contributed by atoms with Crippen LogP contribution in [0.2, 0.25) is 0 Å². The van der Waals surface area contributed by atoms with Gasteiger partial charge in [0.05, 0.1) is 16.6 Å². The van der Waals surface area contributed by atoms with Crippen molar-refractivity contribution in [2.75, 3.05) is 13.6 Å². The minimum atomic E-state index is 0. The molecule has 0 aliphatic carbocycles. The highest BCUT2D eigenvalue weighted by atomic mass is 127. The lowest BCUT2D eigenvalue weighted by atomic mass is 10.1. The zero-order chi connectivity index (χ0) is 15.8. The number of aryl methyl sites for hydroxylation is 1. The van der Waals surface area contributed by atoms with Crippen LogP contribution in [0.3, 0.4) is 0 Å². The van der Waals surface area contributed by atoms with Gasteiger partial charge in [0.2, 0.25) is 0 Å². The van der Waals surface area contributed by atoms with Crippen LogP contribution < -0.4 is 10.6 Å². The fourth-order valence-electron chi connectivity index (χ4n) is 1.91. The topological polar surface area (TPSA) is 73.1 Å². The summed E-state index contributed by atoms with van der Waals surface area (Å²) in [5, 5.41) is 16.4. The third kappa shape index (κ3) is 6.54.